The molecule has 0 bridgehead atoms. The minimum atomic E-state index is 1.11. The van der Waals surface area contributed by atoms with Crippen LogP contribution in [0.15, 0.2) is 12.4 Å². The standard InChI is InChI=1S/C24H47N2/c1-4-7-9-10-11-12-13-14-15-16-17-18-20-24-25(6-3)22-23-26(24)21-19-8-5-2/h22-23H,4-21H2,1-3H3/q+1. The molecule has 0 fully saturated rings. The highest BCUT2D eigenvalue weighted by Gasteiger charge is 2.14. The van der Waals surface area contributed by atoms with Crippen molar-refractivity contribution in [3.63, 3.8) is 0 Å². The van der Waals surface area contributed by atoms with E-state index in [9.17, 15) is 0 Å². The van der Waals surface area contributed by atoms with Gasteiger partial charge in [0.25, 0.3) is 5.82 Å². The zero-order valence-electron chi connectivity index (χ0n) is 18.3. The number of unbranched alkanes of at least 4 members (excludes halogenated alkanes) is 13. The third kappa shape index (κ3) is 10.4. The molecule has 1 aromatic heterocycles. The van der Waals surface area contributed by atoms with E-state index in [1.807, 2.05) is 0 Å². The molecule has 1 heterocycles. The van der Waals surface area contributed by atoms with Crippen molar-refractivity contribution in [2.24, 2.45) is 0 Å². The largest absolute Gasteiger partial charge is 0.256 e. The van der Waals surface area contributed by atoms with Crippen LogP contribution in [0.1, 0.15) is 123 Å². The van der Waals surface area contributed by atoms with Gasteiger partial charge in [-0.15, -0.1) is 0 Å². The Morgan fingerprint density at radius 1 is 0.654 bits per heavy atom. The van der Waals surface area contributed by atoms with Crippen LogP contribution in [0.25, 0.3) is 0 Å². The van der Waals surface area contributed by atoms with E-state index in [0.29, 0.717) is 0 Å². The first-order valence-corrected chi connectivity index (χ1v) is 11.9. The first-order chi connectivity index (χ1) is 12.8. The Morgan fingerprint density at radius 3 is 1.69 bits per heavy atom. The van der Waals surface area contributed by atoms with Crippen LogP contribution in [-0.4, -0.2) is 4.57 Å². The molecule has 2 heteroatoms. The SMILES string of the molecule is CCCCCCCCCCCCCCc1n(CCCCC)cc[n+]1CC. The summed E-state index contributed by atoms with van der Waals surface area (Å²) in [7, 11) is 0. The quantitative estimate of drug-likeness (QED) is 0.192. The van der Waals surface area contributed by atoms with Gasteiger partial charge in [-0.1, -0.05) is 90.9 Å². The predicted octanol–water partition coefficient (Wildman–Crippen LogP) is 7.23. The van der Waals surface area contributed by atoms with Crippen molar-refractivity contribution in [1.82, 2.24) is 4.57 Å². The van der Waals surface area contributed by atoms with Crippen LogP contribution in [0.3, 0.4) is 0 Å². The summed E-state index contributed by atoms with van der Waals surface area (Å²) < 4.78 is 4.96. The molecule has 0 atom stereocenters. The highest BCUT2D eigenvalue weighted by atomic mass is 15.1. The van der Waals surface area contributed by atoms with E-state index >= 15 is 0 Å². The van der Waals surface area contributed by atoms with Gasteiger partial charge in [-0.3, -0.25) is 0 Å². The van der Waals surface area contributed by atoms with E-state index in [0.717, 1.165) is 6.54 Å². The maximum atomic E-state index is 2.51. The molecular formula is C24H47N2+. The Kier molecular flexibility index (Phi) is 14.7. The lowest BCUT2D eigenvalue weighted by Gasteiger charge is -2.05. The highest BCUT2D eigenvalue weighted by molar-refractivity contribution is 4.84. The van der Waals surface area contributed by atoms with Crippen molar-refractivity contribution in [3.05, 3.63) is 18.2 Å². The number of hydrogen-bond acceptors (Lipinski definition) is 0. The lowest BCUT2D eigenvalue weighted by atomic mass is 10.0. The van der Waals surface area contributed by atoms with Gasteiger partial charge < -0.3 is 0 Å². The van der Waals surface area contributed by atoms with E-state index in [2.05, 4.69) is 42.3 Å². The average Bonchev–Trinajstić information content (AvgIpc) is 3.05. The van der Waals surface area contributed by atoms with Crippen LogP contribution in [-0.2, 0) is 19.5 Å². The Hall–Kier alpha value is -0.790. The molecule has 26 heavy (non-hydrogen) atoms. The van der Waals surface area contributed by atoms with Gasteiger partial charge >= 0.3 is 0 Å². The number of hydrogen-bond donors (Lipinski definition) is 0. The lowest BCUT2D eigenvalue weighted by Crippen LogP contribution is -2.36. The van der Waals surface area contributed by atoms with E-state index in [1.165, 1.54) is 109 Å². The smallest absolute Gasteiger partial charge is 0.235 e. The van der Waals surface area contributed by atoms with Crippen molar-refractivity contribution in [1.29, 1.82) is 0 Å². The topological polar surface area (TPSA) is 8.81 Å². The van der Waals surface area contributed by atoms with Crippen molar-refractivity contribution in [2.75, 3.05) is 0 Å². The van der Waals surface area contributed by atoms with E-state index in [4.69, 9.17) is 0 Å². The van der Waals surface area contributed by atoms with Crippen LogP contribution >= 0.6 is 0 Å². The molecule has 2 nitrogen and oxygen atoms in total. The van der Waals surface area contributed by atoms with Crippen LogP contribution in [0.5, 0.6) is 0 Å². The minimum absolute atomic E-state index is 1.11. The number of nitrogens with zero attached hydrogens (tertiary/aromatic N) is 2. The first kappa shape index (κ1) is 23.2. The molecule has 0 aromatic carbocycles. The lowest BCUT2D eigenvalue weighted by molar-refractivity contribution is -0.700. The van der Waals surface area contributed by atoms with Crippen molar-refractivity contribution < 1.29 is 4.57 Å². The summed E-state index contributed by atoms with van der Waals surface area (Å²) in [5.41, 5.74) is 0. The van der Waals surface area contributed by atoms with Gasteiger partial charge in [0.1, 0.15) is 12.4 Å². The van der Waals surface area contributed by atoms with Gasteiger partial charge in [-0.05, 0) is 26.2 Å². The van der Waals surface area contributed by atoms with Gasteiger partial charge in [-0.2, -0.15) is 0 Å². The third-order valence-electron chi connectivity index (χ3n) is 5.69. The van der Waals surface area contributed by atoms with E-state index < -0.39 is 0 Å². The third-order valence-corrected chi connectivity index (χ3v) is 5.69. The molecule has 0 radical (unpaired) electrons. The molecule has 1 rings (SSSR count). The number of imidazole rings is 1. The molecule has 0 aliphatic carbocycles. The monoisotopic (exact) mass is 363 g/mol. The second-order valence-electron chi connectivity index (χ2n) is 8.04. The predicted molar refractivity (Wildman–Crippen MR) is 115 cm³/mol. The molecule has 0 saturated heterocycles. The van der Waals surface area contributed by atoms with Gasteiger partial charge in [0, 0.05) is 6.42 Å². The molecule has 0 aliphatic heterocycles. The highest BCUT2D eigenvalue weighted by Crippen LogP contribution is 2.13. The molecule has 0 aliphatic rings. The van der Waals surface area contributed by atoms with Crippen LogP contribution in [0.4, 0.5) is 0 Å². The van der Waals surface area contributed by atoms with Gasteiger partial charge in [0.15, 0.2) is 0 Å². The Labute approximate surface area is 164 Å². The maximum Gasteiger partial charge on any atom is 0.256 e. The Morgan fingerprint density at radius 2 is 1.15 bits per heavy atom. The molecular weight excluding hydrogens is 316 g/mol. The summed E-state index contributed by atoms with van der Waals surface area (Å²) >= 11 is 0. The van der Waals surface area contributed by atoms with Gasteiger partial charge in [0.05, 0.1) is 13.1 Å². The number of aryl methyl sites for hydroxylation is 2. The van der Waals surface area contributed by atoms with Gasteiger partial charge in [-0.25, -0.2) is 9.13 Å². The Balaban J connectivity index is 2.07. The molecule has 152 valence electrons. The van der Waals surface area contributed by atoms with E-state index in [1.54, 1.807) is 5.82 Å². The summed E-state index contributed by atoms with van der Waals surface area (Å²) in [4.78, 5) is 0. The molecule has 0 N–H and O–H groups in total. The summed E-state index contributed by atoms with van der Waals surface area (Å²) in [6, 6.07) is 0. The van der Waals surface area contributed by atoms with Crippen molar-refractivity contribution in [2.45, 2.75) is 137 Å². The summed E-state index contributed by atoms with van der Waals surface area (Å²) in [6.45, 7) is 9.16. The van der Waals surface area contributed by atoms with Crippen LogP contribution in [0, 0.1) is 0 Å². The van der Waals surface area contributed by atoms with Crippen LogP contribution in [0.2, 0.25) is 0 Å². The summed E-state index contributed by atoms with van der Waals surface area (Å²) in [5.74, 6) is 1.55. The van der Waals surface area contributed by atoms with Crippen LogP contribution < -0.4 is 4.57 Å². The molecule has 1 aromatic rings. The van der Waals surface area contributed by atoms with Crippen molar-refractivity contribution in [3.8, 4) is 0 Å². The maximum absolute atomic E-state index is 2.51. The normalized spacial score (nSPS) is 11.3. The molecule has 0 amide bonds. The van der Waals surface area contributed by atoms with Gasteiger partial charge in [0.2, 0.25) is 0 Å². The fourth-order valence-electron chi connectivity index (χ4n) is 3.93. The van der Waals surface area contributed by atoms with E-state index in [-0.39, 0.29) is 0 Å². The first-order valence-electron chi connectivity index (χ1n) is 11.9. The Bertz CT molecular complexity index is 422. The second kappa shape index (κ2) is 16.4. The average molecular weight is 364 g/mol. The molecule has 0 spiro atoms. The zero-order valence-corrected chi connectivity index (χ0v) is 18.3. The zero-order chi connectivity index (χ0) is 18.9. The second-order valence-corrected chi connectivity index (χ2v) is 8.04. The number of rotatable bonds is 18. The minimum Gasteiger partial charge on any atom is -0.235 e. The summed E-state index contributed by atoms with van der Waals surface area (Å²) in [6.07, 6.45) is 27.0. The fourth-order valence-corrected chi connectivity index (χ4v) is 3.93. The molecule has 0 unspecified atom stereocenters. The van der Waals surface area contributed by atoms with Crippen molar-refractivity contribution >= 4 is 0 Å². The fraction of sp³-hybridized carbons (Fsp3) is 0.875. The number of aromatic nitrogens is 2. The molecule has 0 saturated carbocycles. The summed E-state index contributed by atoms with van der Waals surface area (Å²) in [5, 5.41) is 0.